The lowest BCUT2D eigenvalue weighted by Crippen LogP contribution is -2.24. The Morgan fingerprint density at radius 1 is 1.20 bits per heavy atom. The number of unbranched alkanes of at least 4 members (excludes halogenated alkanes) is 1. The highest BCUT2D eigenvalue weighted by molar-refractivity contribution is 4.54. The number of rotatable bonds is 11. The van der Waals surface area contributed by atoms with Gasteiger partial charge >= 0.3 is 0 Å². The van der Waals surface area contributed by atoms with Gasteiger partial charge in [-0.2, -0.15) is 0 Å². The summed E-state index contributed by atoms with van der Waals surface area (Å²) in [6.07, 6.45) is 2.19. The van der Waals surface area contributed by atoms with Gasteiger partial charge in [0.05, 0.1) is 13.2 Å². The quantitative estimate of drug-likeness (QED) is 0.501. The number of nitrogens with one attached hydrogen (secondary N) is 1. The van der Waals surface area contributed by atoms with E-state index in [1.807, 2.05) is 6.92 Å². The van der Waals surface area contributed by atoms with E-state index in [9.17, 15) is 0 Å². The van der Waals surface area contributed by atoms with Crippen molar-refractivity contribution in [1.29, 1.82) is 0 Å². The third-order valence-corrected chi connectivity index (χ3v) is 2.13. The summed E-state index contributed by atoms with van der Waals surface area (Å²) in [7, 11) is 1.68. The van der Waals surface area contributed by atoms with Crippen LogP contribution in [0.25, 0.3) is 0 Å². The highest BCUT2D eigenvalue weighted by atomic mass is 16.5. The predicted octanol–water partition coefficient (Wildman–Crippen LogP) is 0.648. The maximum Gasteiger partial charge on any atom is 0.0700 e. The smallest absolute Gasteiger partial charge is 0.0700 e. The van der Waals surface area contributed by atoms with E-state index in [4.69, 9.17) is 14.6 Å². The molecule has 0 bridgehead atoms. The molecular formula is C11H25NO3. The Hall–Kier alpha value is -0.160. The largest absolute Gasteiger partial charge is 0.396 e. The van der Waals surface area contributed by atoms with Crippen LogP contribution >= 0.6 is 0 Å². The molecule has 92 valence electrons. The molecule has 0 aliphatic carbocycles. The van der Waals surface area contributed by atoms with Gasteiger partial charge in [0.15, 0.2) is 0 Å². The molecule has 0 aromatic heterocycles. The molecule has 0 saturated carbocycles. The van der Waals surface area contributed by atoms with Crippen LogP contribution in [0.4, 0.5) is 0 Å². The summed E-state index contributed by atoms with van der Waals surface area (Å²) in [6.45, 7) is 6.34. The minimum atomic E-state index is 0.257. The predicted molar refractivity (Wildman–Crippen MR) is 61.0 cm³/mol. The van der Waals surface area contributed by atoms with Crippen LogP contribution in [0.1, 0.15) is 19.8 Å². The standard InChI is InChI=1S/C11H25NO3/c1-11(10-13)9-12-5-3-4-6-15-8-7-14-2/h11-13H,3-10H2,1-2H3. The van der Waals surface area contributed by atoms with Crippen LogP contribution in [0.3, 0.4) is 0 Å². The van der Waals surface area contributed by atoms with Gasteiger partial charge in [-0.15, -0.1) is 0 Å². The second-order valence-corrected chi connectivity index (χ2v) is 3.80. The van der Waals surface area contributed by atoms with Gasteiger partial charge in [-0.25, -0.2) is 0 Å². The van der Waals surface area contributed by atoms with Gasteiger partial charge in [-0.3, -0.25) is 0 Å². The van der Waals surface area contributed by atoms with Crippen LogP contribution < -0.4 is 5.32 Å². The first kappa shape index (κ1) is 14.8. The van der Waals surface area contributed by atoms with Gasteiger partial charge in [-0.05, 0) is 31.8 Å². The van der Waals surface area contributed by atoms with Gasteiger partial charge < -0.3 is 19.9 Å². The summed E-state index contributed by atoms with van der Waals surface area (Å²) in [5.74, 6) is 0.350. The molecule has 2 N–H and O–H groups in total. The van der Waals surface area contributed by atoms with E-state index in [0.717, 1.165) is 32.5 Å². The Kier molecular flexibility index (Phi) is 11.8. The van der Waals surface area contributed by atoms with Gasteiger partial charge in [0.1, 0.15) is 0 Å². The summed E-state index contributed by atoms with van der Waals surface area (Å²) in [5.41, 5.74) is 0. The second kappa shape index (κ2) is 11.9. The van der Waals surface area contributed by atoms with E-state index in [1.165, 1.54) is 0 Å². The molecule has 0 amide bonds. The zero-order valence-electron chi connectivity index (χ0n) is 10.00. The Balaban J connectivity index is 2.92. The van der Waals surface area contributed by atoms with E-state index in [-0.39, 0.29) is 6.61 Å². The van der Waals surface area contributed by atoms with Crippen molar-refractivity contribution in [2.45, 2.75) is 19.8 Å². The minimum absolute atomic E-state index is 0.257. The fourth-order valence-electron chi connectivity index (χ4n) is 1.11. The molecule has 0 spiro atoms. The van der Waals surface area contributed by atoms with Crippen molar-refractivity contribution in [2.75, 3.05) is 46.6 Å². The number of ether oxygens (including phenoxy) is 2. The van der Waals surface area contributed by atoms with Crippen LogP contribution in [-0.4, -0.2) is 51.7 Å². The summed E-state index contributed by atoms with van der Waals surface area (Å²) in [4.78, 5) is 0. The van der Waals surface area contributed by atoms with Crippen molar-refractivity contribution in [3.63, 3.8) is 0 Å². The highest BCUT2D eigenvalue weighted by Gasteiger charge is 1.97. The fourth-order valence-corrected chi connectivity index (χ4v) is 1.11. The second-order valence-electron chi connectivity index (χ2n) is 3.80. The molecule has 0 aliphatic heterocycles. The molecule has 1 atom stereocenters. The van der Waals surface area contributed by atoms with Crippen LogP contribution in [0.15, 0.2) is 0 Å². The Labute approximate surface area is 93.0 Å². The molecule has 15 heavy (non-hydrogen) atoms. The first-order chi connectivity index (χ1) is 7.31. The molecule has 0 aromatic carbocycles. The fraction of sp³-hybridized carbons (Fsp3) is 1.00. The zero-order chi connectivity index (χ0) is 11.4. The normalized spacial score (nSPS) is 13.0. The van der Waals surface area contributed by atoms with Gasteiger partial charge in [0, 0.05) is 20.3 Å². The monoisotopic (exact) mass is 219 g/mol. The van der Waals surface area contributed by atoms with Crippen molar-refractivity contribution in [3.8, 4) is 0 Å². The molecule has 0 rings (SSSR count). The van der Waals surface area contributed by atoms with Gasteiger partial charge in [-0.1, -0.05) is 6.92 Å². The van der Waals surface area contributed by atoms with Crippen LogP contribution in [0.5, 0.6) is 0 Å². The number of hydrogen-bond donors (Lipinski definition) is 2. The molecule has 0 saturated heterocycles. The maximum absolute atomic E-state index is 8.79. The molecule has 0 fully saturated rings. The van der Waals surface area contributed by atoms with Crippen LogP contribution in [-0.2, 0) is 9.47 Å². The van der Waals surface area contributed by atoms with E-state index < -0.39 is 0 Å². The molecule has 0 aromatic rings. The van der Waals surface area contributed by atoms with Crippen LogP contribution in [0.2, 0.25) is 0 Å². The molecule has 0 aliphatic rings. The average molecular weight is 219 g/mol. The van der Waals surface area contributed by atoms with Crippen LogP contribution in [0, 0.1) is 5.92 Å². The van der Waals surface area contributed by atoms with Gasteiger partial charge in [0.25, 0.3) is 0 Å². The van der Waals surface area contributed by atoms with E-state index >= 15 is 0 Å². The van der Waals surface area contributed by atoms with Crippen molar-refractivity contribution in [3.05, 3.63) is 0 Å². The molecule has 0 heterocycles. The Morgan fingerprint density at radius 3 is 2.67 bits per heavy atom. The first-order valence-electron chi connectivity index (χ1n) is 5.69. The molecule has 0 radical (unpaired) electrons. The summed E-state index contributed by atoms with van der Waals surface area (Å²) in [6, 6.07) is 0. The number of aliphatic hydroxyl groups excluding tert-OH is 1. The van der Waals surface area contributed by atoms with E-state index in [0.29, 0.717) is 19.1 Å². The molecule has 4 nitrogen and oxygen atoms in total. The van der Waals surface area contributed by atoms with Crippen molar-refractivity contribution < 1.29 is 14.6 Å². The Bertz CT molecular complexity index is 122. The Morgan fingerprint density at radius 2 is 2.00 bits per heavy atom. The number of aliphatic hydroxyl groups is 1. The zero-order valence-corrected chi connectivity index (χ0v) is 10.00. The lowest BCUT2D eigenvalue weighted by atomic mass is 10.2. The van der Waals surface area contributed by atoms with Crippen molar-refractivity contribution in [2.24, 2.45) is 5.92 Å². The molecule has 1 unspecified atom stereocenters. The third kappa shape index (κ3) is 11.8. The van der Waals surface area contributed by atoms with E-state index in [2.05, 4.69) is 5.32 Å². The lowest BCUT2D eigenvalue weighted by Gasteiger charge is -2.09. The van der Waals surface area contributed by atoms with Crippen molar-refractivity contribution in [1.82, 2.24) is 5.32 Å². The average Bonchev–Trinajstić information content (AvgIpc) is 2.26. The van der Waals surface area contributed by atoms with Gasteiger partial charge in [0.2, 0.25) is 0 Å². The topological polar surface area (TPSA) is 50.7 Å². The summed E-state index contributed by atoms with van der Waals surface area (Å²) < 4.78 is 10.2. The third-order valence-electron chi connectivity index (χ3n) is 2.13. The highest BCUT2D eigenvalue weighted by Crippen LogP contribution is 1.91. The summed E-state index contributed by atoms with van der Waals surface area (Å²) in [5, 5.41) is 12.1. The minimum Gasteiger partial charge on any atom is -0.396 e. The maximum atomic E-state index is 8.79. The number of hydrogen-bond acceptors (Lipinski definition) is 4. The number of methoxy groups -OCH3 is 1. The lowest BCUT2D eigenvalue weighted by molar-refractivity contribution is 0.0688. The molecular weight excluding hydrogens is 194 g/mol. The van der Waals surface area contributed by atoms with E-state index in [1.54, 1.807) is 7.11 Å². The summed E-state index contributed by atoms with van der Waals surface area (Å²) >= 11 is 0. The molecule has 4 heteroatoms. The SMILES string of the molecule is COCCOCCCCNCC(C)CO. The van der Waals surface area contributed by atoms with Crippen molar-refractivity contribution >= 4 is 0 Å². The first-order valence-corrected chi connectivity index (χ1v) is 5.69.